The van der Waals surface area contributed by atoms with Gasteiger partial charge in [-0.15, -0.1) is 0 Å². The first-order valence-electron chi connectivity index (χ1n) is 10.1. The molecule has 6 nitrogen and oxygen atoms in total. The number of amides is 3. The summed E-state index contributed by atoms with van der Waals surface area (Å²) < 4.78 is 5.45. The number of rotatable bonds is 4. The molecule has 162 valence electrons. The van der Waals surface area contributed by atoms with E-state index < -0.39 is 11.8 Å². The zero-order valence-electron chi connectivity index (χ0n) is 17.5. The second-order valence-corrected chi connectivity index (χ2v) is 7.88. The number of nitrogens with zero attached hydrogens (tertiary/aromatic N) is 1. The highest BCUT2D eigenvalue weighted by Crippen LogP contribution is 2.37. The minimum Gasteiger partial charge on any atom is -0.494 e. The molecule has 4 aromatic rings. The molecule has 0 unspecified atom stereocenters. The molecule has 1 aliphatic heterocycles. The van der Waals surface area contributed by atoms with Gasteiger partial charge in [-0.2, -0.15) is 0 Å². The molecular weight excluding hydrogens is 440 g/mol. The molecule has 0 aromatic heterocycles. The lowest BCUT2D eigenvalue weighted by Crippen LogP contribution is -2.29. The molecule has 0 spiro atoms. The standard InChI is InChI=1S/C26H17ClN2O4/c1-33-23-14-15(28-24(30)18-10-4-9-17-16(18)8-5-11-21(17)27)12-13-22(23)29-25(31)19-6-2-3-7-20(19)26(29)32/h2-14H,1H3,(H,28,30). The maximum Gasteiger partial charge on any atom is 0.266 e. The van der Waals surface area contributed by atoms with Gasteiger partial charge in [-0.3, -0.25) is 14.4 Å². The minimum atomic E-state index is -0.418. The van der Waals surface area contributed by atoms with Gasteiger partial charge in [0.1, 0.15) is 5.75 Å². The van der Waals surface area contributed by atoms with Gasteiger partial charge >= 0.3 is 0 Å². The summed E-state index contributed by atoms with van der Waals surface area (Å²) in [6, 6.07) is 22.2. The van der Waals surface area contributed by atoms with Gasteiger partial charge in [0.25, 0.3) is 17.7 Å². The normalized spacial score (nSPS) is 12.7. The summed E-state index contributed by atoms with van der Waals surface area (Å²) in [5.74, 6) is -0.877. The second kappa shape index (κ2) is 8.07. The molecule has 0 atom stereocenters. The van der Waals surface area contributed by atoms with Gasteiger partial charge < -0.3 is 10.1 Å². The van der Waals surface area contributed by atoms with Crippen LogP contribution < -0.4 is 15.0 Å². The third kappa shape index (κ3) is 3.41. The Balaban J connectivity index is 1.47. The average molecular weight is 457 g/mol. The van der Waals surface area contributed by atoms with Crippen molar-refractivity contribution in [3.63, 3.8) is 0 Å². The number of benzene rings is 4. The Kier molecular flexibility index (Phi) is 5.07. The van der Waals surface area contributed by atoms with Crippen molar-refractivity contribution in [1.29, 1.82) is 0 Å². The van der Waals surface area contributed by atoms with E-state index in [0.717, 1.165) is 15.7 Å². The molecule has 7 heteroatoms. The molecule has 3 amide bonds. The van der Waals surface area contributed by atoms with E-state index in [1.165, 1.54) is 7.11 Å². The maximum atomic E-state index is 13.0. The Hall–Kier alpha value is -4.16. The second-order valence-electron chi connectivity index (χ2n) is 7.47. The summed E-state index contributed by atoms with van der Waals surface area (Å²) in [5, 5.41) is 4.93. The zero-order valence-corrected chi connectivity index (χ0v) is 18.2. The van der Waals surface area contributed by atoms with Crippen molar-refractivity contribution in [3.05, 3.63) is 101 Å². The van der Waals surface area contributed by atoms with Gasteiger partial charge in [0, 0.05) is 27.7 Å². The zero-order chi connectivity index (χ0) is 23.1. The number of hydrogen-bond donors (Lipinski definition) is 1. The minimum absolute atomic E-state index is 0.281. The molecule has 0 saturated heterocycles. The van der Waals surface area contributed by atoms with E-state index in [9.17, 15) is 14.4 Å². The molecule has 0 fully saturated rings. The van der Waals surface area contributed by atoms with Crippen molar-refractivity contribution >= 4 is 51.5 Å². The van der Waals surface area contributed by atoms with Crippen LogP contribution >= 0.6 is 11.6 Å². The van der Waals surface area contributed by atoms with Gasteiger partial charge in [-0.1, -0.05) is 48.0 Å². The lowest BCUT2D eigenvalue weighted by molar-refractivity contribution is 0.0923. The third-order valence-corrected chi connectivity index (χ3v) is 5.92. The number of ether oxygens (including phenoxy) is 1. The Morgan fingerprint density at radius 2 is 1.52 bits per heavy atom. The summed E-state index contributed by atoms with van der Waals surface area (Å²) in [6.45, 7) is 0. The molecule has 1 N–H and O–H groups in total. The highest BCUT2D eigenvalue weighted by molar-refractivity contribution is 6.36. The summed E-state index contributed by atoms with van der Waals surface area (Å²) >= 11 is 6.26. The van der Waals surface area contributed by atoms with E-state index in [2.05, 4.69) is 5.32 Å². The summed E-state index contributed by atoms with van der Waals surface area (Å²) in [7, 11) is 1.44. The molecule has 0 radical (unpaired) electrons. The third-order valence-electron chi connectivity index (χ3n) is 5.59. The van der Waals surface area contributed by atoms with Crippen LogP contribution in [0.15, 0.2) is 78.9 Å². The topological polar surface area (TPSA) is 75.7 Å². The molecule has 0 bridgehead atoms. The number of carbonyl (C=O) groups excluding carboxylic acids is 3. The van der Waals surface area contributed by atoms with Crippen LogP contribution in [0.1, 0.15) is 31.1 Å². The van der Waals surface area contributed by atoms with Gasteiger partial charge in [0.2, 0.25) is 0 Å². The molecular formula is C26H17ClN2O4. The number of imide groups is 1. The molecule has 0 saturated carbocycles. The number of halogens is 1. The average Bonchev–Trinajstić information content (AvgIpc) is 3.09. The van der Waals surface area contributed by atoms with Crippen molar-refractivity contribution in [1.82, 2.24) is 0 Å². The fraction of sp³-hybridized carbons (Fsp3) is 0.0385. The first-order chi connectivity index (χ1) is 16.0. The lowest BCUT2D eigenvalue weighted by atomic mass is 10.0. The van der Waals surface area contributed by atoms with E-state index >= 15 is 0 Å². The summed E-state index contributed by atoms with van der Waals surface area (Å²) in [6.07, 6.45) is 0. The van der Waals surface area contributed by atoms with Crippen LogP contribution in [0.3, 0.4) is 0 Å². The molecule has 1 aliphatic rings. The highest BCUT2D eigenvalue weighted by Gasteiger charge is 2.37. The fourth-order valence-corrected chi connectivity index (χ4v) is 4.25. The lowest BCUT2D eigenvalue weighted by Gasteiger charge is -2.18. The van der Waals surface area contributed by atoms with Crippen molar-refractivity contribution < 1.29 is 19.1 Å². The van der Waals surface area contributed by atoms with Crippen LogP contribution in [0.25, 0.3) is 10.8 Å². The van der Waals surface area contributed by atoms with Crippen LogP contribution in [0, 0.1) is 0 Å². The van der Waals surface area contributed by atoms with Crippen LogP contribution in [0.2, 0.25) is 5.02 Å². The van der Waals surface area contributed by atoms with Crippen LogP contribution in [-0.4, -0.2) is 24.8 Å². The predicted molar refractivity (Wildman–Crippen MR) is 127 cm³/mol. The fourth-order valence-electron chi connectivity index (χ4n) is 4.02. The largest absolute Gasteiger partial charge is 0.494 e. The van der Waals surface area contributed by atoms with Crippen molar-refractivity contribution in [3.8, 4) is 5.75 Å². The molecule has 4 aromatic carbocycles. The SMILES string of the molecule is COc1cc(NC(=O)c2cccc3c(Cl)cccc23)ccc1N1C(=O)c2ccccc2C1=O. The first-order valence-corrected chi connectivity index (χ1v) is 10.5. The number of fused-ring (bicyclic) bond motifs is 2. The summed E-state index contributed by atoms with van der Waals surface area (Å²) in [5.41, 5.74) is 1.92. The molecule has 5 rings (SSSR count). The van der Waals surface area contributed by atoms with E-state index in [1.807, 2.05) is 12.1 Å². The van der Waals surface area contributed by atoms with Gasteiger partial charge in [0.15, 0.2) is 0 Å². The van der Waals surface area contributed by atoms with Crippen LogP contribution in [0.4, 0.5) is 11.4 Å². The summed E-state index contributed by atoms with van der Waals surface area (Å²) in [4.78, 5) is 39.8. The van der Waals surface area contributed by atoms with Gasteiger partial charge in [-0.25, -0.2) is 4.90 Å². The maximum absolute atomic E-state index is 13.0. The van der Waals surface area contributed by atoms with E-state index in [0.29, 0.717) is 33.1 Å². The van der Waals surface area contributed by atoms with E-state index in [4.69, 9.17) is 16.3 Å². The van der Waals surface area contributed by atoms with Crippen LogP contribution in [-0.2, 0) is 0 Å². The number of anilines is 2. The number of methoxy groups -OCH3 is 1. The molecule has 0 aliphatic carbocycles. The van der Waals surface area contributed by atoms with E-state index in [1.54, 1.807) is 66.7 Å². The van der Waals surface area contributed by atoms with Crippen molar-refractivity contribution in [2.75, 3.05) is 17.3 Å². The van der Waals surface area contributed by atoms with Gasteiger partial charge in [-0.05, 0) is 41.8 Å². The van der Waals surface area contributed by atoms with Crippen molar-refractivity contribution in [2.24, 2.45) is 0 Å². The van der Waals surface area contributed by atoms with Gasteiger partial charge in [0.05, 0.1) is 23.9 Å². The number of hydrogen-bond acceptors (Lipinski definition) is 4. The smallest absolute Gasteiger partial charge is 0.266 e. The Morgan fingerprint density at radius 1 is 0.848 bits per heavy atom. The highest BCUT2D eigenvalue weighted by atomic mass is 35.5. The van der Waals surface area contributed by atoms with Crippen molar-refractivity contribution in [2.45, 2.75) is 0 Å². The molecule has 1 heterocycles. The first kappa shape index (κ1) is 20.7. The Labute approximate surface area is 194 Å². The number of nitrogens with one attached hydrogen (secondary N) is 1. The Morgan fingerprint density at radius 3 is 2.21 bits per heavy atom. The van der Waals surface area contributed by atoms with E-state index in [-0.39, 0.29) is 11.7 Å². The quantitative estimate of drug-likeness (QED) is 0.408. The predicted octanol–water partition coefficient (Wildman–Crippen LogP) is 5.55. The van der Waals surface area contributed by atoms with Crippen LogP contribution in [0.5, 0.6) is 5.75 Å². The monoisotopic (exact) mass is 456 g/mol. The molecule has 33 heavy (non-hydrogen) atoms. The number of carbonyl (C=O) groups is 3. The Bertz CT molecular complexity index is 1430.